The van der Waals surface area contributed by atoms with Gasteiger partial charge in [-0.15, -0.1) is 0 Å². The second kappa shape index (κ2) is 3.28. The summed E-state index contributed by atoms with van der Waals surface area (Å²) in [4.78, 5) is 18.9. The fourth-order valence-corrected chi connectivity index (χ4v) is 0.123. The van der Waals surface area contributed by atoms with Crippen LogP contribution in [0.3, 0.4) is 0 Å². The fraction of sp³-hybridized carbons (Fsp3) is 0.200. The second-order valence-electron chi connectivity index (χ2n) is 1.03. The summed E-state index contributed by atoms with van der Waals surface area (Å²) in [6, 6.07) is 0. The first-order chi connectivity index (χ1) is 3.31. The molecule has 0 amide bonds. The van der Waals surface area contributed by atoms with Gasteiger partial charge < -0.3 is 0 Å². The summed E-state index contributed by atoms with van der Waals surface area (Å²) < 4.78 is 0. The lowest BCUT2D eigenvalue weighted by Crippen LogP contribution is -1.80. The lowest BCUT2D eigenvalue weighted by molar-refractivity contribution is 0.550. The molecule has 0 aromatic heterocycles. The van der Waals surface area contributed by atoms with Gasteiger partial charge in [-0.05, 0) is 0 Å². The van der Waals surface area contributed by atoms with Gasteiger partial charge in [0.1, 0.15) is 0 Å². The molecule has 0 saturated carbocycles. The third-order valence-electron chi connectivity index (χ3n) is 0.430. The van der Waals surface area contributed by atoms with Crippen molar-refractivity contribution in [3.63, 3.8) is 0 Å². The molecule has 0 saturated heterocycles. The van der Waals surface area contributed by atoms with Crippen molar-refractivity contribution in [2.45, 2.75) is 6.42 Å². The van der Waals surface area contributed by atoms with Gasteiger partial charge in [0.25, 0.3) is 0 Å². The molecule has 2 nitrogen and oxygen atoms in total. The molecule has 0 heterocycles. The van der Waals surface area contributed by atoms with Crippen molar-refractivity contribution < 1.29 is 9.59 Å². The van der Waals surface area contributed by atoms with Crippen molar-refractivity contribution in [3.05, 3.63) is 12.2 Å². The Morgan fingerprint density at radius 3 is 2.29 bits per heavy atom. The van der Waals surface area contributed by atoms with Crippen LogP contribution >= 0.6 is 0 Å². The highest BCUT2D eigenvalue weighted by atomic mass is 16.1. The quantitative estimate of drug-likeness (QED) is 0.469. The van der Waals surface area contributed by atoms with E-state index in [1.165, 1.54) is 12.6 Å². The van der Waals surface area contributed by atoms with Crippen molar-refractivity contribution in [2.75, 3.05) is 0 Å². The molecule has 7 heavy (non-hydrogen) atoms. The van der Waals surface area contributed by atoms with E-state index in [0.29, 0.717) is 0 Å². The highest BCUT2D eigenvalue weighted by Gasteiger charge is 1.87. The van der Waals surface area contributed by atoms with Gasteiger partial charge in [0.2, 0.25) is 12.6 Å². The molecule has 2 heteroatoms. The zero-order chi connectivity index (χ0) is 5.70. The first-order valence-corrected chi connectivity index (χ1v) is 1.72. The van der Waals surface area contributed by atoms with Crippen molar-refractivity contribution >= 4 is 12.6 Å². The Morgan fingerprint density at radius 2 is 2.14 bits per heavy atom. The molecule has 0 rings (SSSR count). The molecule has 0 atom stereocenters. The van der Waals surface area contributed by atoms with Crippen LogP contribution in [-0.4, -0.2) is 12.6 Å². The molecule has 0 aromatic rings. The molecular formula is C5H4O2. The van der Waals surface area contributed by atoms with Crippen LogP contribution in [0, 0.1) is 0 Å². The Labute approximate surface area is 41.8 Å². The standard InChI is InChI=1S/C5H4O2/c1-5(4-7)2-3-6/h1-2H2. The number of rotatable bonds is 3. The van der Waals surface area contributed by atoms with Gasteiger partial charge in [-0.2, -0.15) is 0 Å². The summed E-state index contributed by atoms with van der Waals surface area (Å²) >= 11 is 0. The summed E-state index contributed by atoms with van der Waals surface area (Å²) in [5.74, 6) is 0. The Kier molecular flexibility index (Phi) is 2.85. The zero-order valence-electron chi connectivity index (χ0n) is 3.73. The molecule has 0 aliphatic heterocycles. The Hall–Kier alpha value is -0.920. The van der Waals surface area contributed by atoms with Crippen molar-refractivity contribution in [3.8, 4) is 0 Å². The summed E-state index contributed by atoms with van der Waals surface area (Å²) in [5, 5.41) is 0. The Bertz CT molecular complexity index is 94.3. The van der Waals surface area contributed by atoms with E-state index < -0.39 is 0 Å². The lowest BCUT2D eigenvalue weighted by atomic mass is 10.3. The zero-order valence-corrected chi connectivity index (χ0v) is 3.73. The van der Waals surface area contributed by atoms with E-state index in [-0.39, 0.29) is 12.0 Å². The molecule has 36 valence electrons. The number of hydrogen-bond donors (Lipinski definition) is 0. The van der Waals surface area contributed by atoms with Crippen LogP contribution in [0.4, 0.5) is 0 Å². The van der Waals surface area contributed by atoms with E-state index >= 15 is 0 Å². The average molecular weight is 96.1 g/mol. The van der Waals surface area contributed by atoms with Crippen LogP contribution in [0.15, 0.2) is 12.2 Å². The molecule has 0 fully saturated rings. The van der Waals surface area contributed by atoms with Crippen molar-refractivity contribution in [2.24, 2.45) is 0 Å². The number of allylic oxidation sites excluding steroid dienone is 1. The van der Waals surface area contributed by atoms with E-state index in [1.807, 2.05) is 0 Å². The summed E-state index contributed by atoms with van der Waals surface area (Å²) in [7, 11) is 0. The molecule has 0 spiro atoms. The molecule has 0 bridgehead atoms. The average Bonchev–Trinajstić information content (AvgIpc) is 1.68. The van der Waals surface area contributed by atoms with Crippen LogP contribution < -0.4 is 0 Å². The van der Waals surface area contributed by atoms with E-state index in [9.17, 15) is 9.59 Å². The molecule has 0 aromatic carbocycles. The van der Waals surface area contributed by atoms with E-state index in [2.05, 4.69) is 6.58 Å². The maximum atomic E-state index is 9.49. The SMILES string of the molecule is C=C([C]=O)C[C]=O. The first-order valence-electron chi connectivity index (χ1n) is 1.72. The van der Waals surface area contributed by atoms with Crippen molar-refractivity contribution in [1.82, 2.24) is 0 Å². The number of carbonyl (C=O) groups excluding carboxylic acids is 2. The molecular weight excluding hydrogens is 92.1 g/mol. The van der Waals surface area contributed by atoms with Crippen LogP contribution in [0.25, 0.3) is 0 Å². The van der Waals surface area contributed by atoms with Gasteiger partial charge >= 0.3 is 0 Å². The van der Waals surface area contributed by atoms with Gasteiger partial charge in [-0.25, -0.2) is 0 Å². The highest BCUT2D eigenvalue weighted by molar-refractivity contribution is 5.78. The normalized spacial score (nSPS) is 7.43. The molecule has 2 radical (unpaired) electrons. The van der Waals surface area contributed by atoms with Gasteiger partial charge in [0, 0.05) is 12.0 Å². The first kappa shape index (κ1) is 6.08. The van der Waals surface area contributed by atoms with Gasteiger partial charge in [0.15, 0.2) is 0 Å². The third kappa shape index (κ3) is 2.89. The predicted octanol–water partition coefficient (Wildman–Crippen LogP) is 0.152. The van der Waals surface area contributed by atoms with E-state index in [0.717, 1.165) is 0 Å². The van der Waals surface area contributed by atoms with Gasteiger partial charge in [-0.1, -0.05) is 6.58 Å². The minimum atomic E-state index is -0.0243. The smallest absolute Gasteiger partial charge is 0.229 e. The van der Waals surface area contributed by atoms with E-state index in [1.54, 1.807) is 0 Å². The summed E-state index contributed by atoms with van der Waals surface area (Å²) in [6.45, 7) is 3.18. The predicted molar refractivity (Wildman–Crippen MR) is 25.1 cm³/mol. The largest absolute Gasteiger partial charge is 0.291 e. The minimum Gasteiger partial charge on any atom is -0.291 e. The third-order valence-corrected chi connectivity index (χ3v) is 0.430. The Balaban J connectivity index is 3.36. The van der Waals surface area contributed by atoms with Crippen LogP contribution in [0.2, 0.25) is 0 Å². The van der Waals surface area contributed by atoms with Crippen LogP contribution in [0.1, 0.15) is 6.42 Å². The van der Waals surface area contributed by atoms with Crippen LogP contribution in [-0.2, 0) is 9.59 Å². The molecule has 0 N–H and O–H groups in total. The molecule has 0 aliphatic carbocycles. The van der Waals surface area contributed by atoms with Gasteiger partial charge in [0.05, 0.1) is 0 Å². The highest BCUT2D eigenvalue weighted by Crippen LogP contribution is 1.85. The second-order valence-corrected chi connectivity index (χ2v) is 1.03. The fourth-order valence-electron chi connectivity index (χ4n) is 0.123. The minimum absolute atomic E-state index is 0.0243. The maximum absolute atomic E-state index is 9.49. The molecule has 0 unspecified atom stereocenters. The summed E-state index contributed by atoms with van der Waals surface area (Å²) in [5.41, 5.74) is 0.148. The number of hydrogen-bond acceptors (Lipinski definition) is 2. The topological polar surface area (TPSA) is 34.1 Å². The molecule has 0 aliphatic rings. The maximum Gasteiger partial charge on any atom is 0.229 e. The van der Waals surface area contributed by atoms with E-state index in [4.69, 9.17) is 0 Å². The Morgan fingerprint density at radius 1 is 1.57 bits per heavy atom. The van der Waals surface area contributed by atoms with Crippen molar-refractivity contribution in [1.29, 1.82) is 0 Å². The monoisotopic (exact) mass is 96.0 g/mol. The lowest BCUT2D eigenvalue weighted by Gasteiger charge is -1.75. The summed E-state index contributed by atoms with van der Waals surface area (Å²) in [6.07, 6.45) is 2.94. The van der Waals surface area contributed by atoms with Crippen LogP contribution in [0.5, 0.6) is 0 Å². The van der Waals surface area contributed by atoms with Gasteiger partial charge in [-0.3, -0.25) is 9.59 Å².